The van der Waals surface area contributed by atoms with Crippen molar-refractivity contribution >= 4 is 11.8 Å². The Bertz CT molecular complexity index is 105. The second-order valence-electron chi connectivity index (χ2n) is 3.45. The van der Waals surface area contributed by atoms with Gasteiger partial charge >= 0.3 is 0 Å². The van der Waals surface area contributed by atoms with Crippen molar-refractivity contribution in [3.8, 4) is 0 Å². The maximum absolute atomic E-state index is 3.64. The van der Waals surface area contributed by atoms with Crippen LogP contribution < -0.4 is 5.32 Å². The quantitative estimate of drug-likeness (QED) is 0.506. The molecule has 0 atom stereocenters. The largest absolute Gasteiger partial charge is 0.312 e. The molecule has 0 aromatic heterocycles. The van der Waals surface area contributed by atoms with Crippen LogP contribution in [-0.4, -0.2) is 23.6 Å². The normalized spacial score (nSPS) is 11.5. The van der Waals surface area contributed by atoms with Gasteiger partial charge in [0.05, 0.1) is 0 Å². The smallest absolute Gasteiger partial charge is 0.0132 e. The van der Waals surface area contributed by atoms with Crippen molar-refractivity contribution in [2.24, 2.45) is 0 Å². The van der Waals surface area contributed by atoms with Gasteiger partial charge in [0.15, 0.2) is 0 Å². The standard InChI is InChI=1S/C9H19NS/c1-5-6-10-7-8-11-9(2,3)4/h5,10H,1,6-8H2,2-4H3. The number of hydrogen-bond donors (Lipinski definition) is 1. The van der Waals surface area contributed by atoms with E-state index in [9.17, 15) is 0 Å². The van der Waals surface area contributed by atoms with Crippen molar-refractivity contribution in [2.75, 3.05) is 18.8 Å². The van der Waals surface area contributed by atoms with E-state index in [-0.39, 0.29) is 0 Å². The first-order chi connectivity index (χ1) is 5.06. The first-order valence-corrected chi connectivity index (χ1v) is 5.00. The molecule has 0 aliphatic heterocycles. The van der Waals surface area contributed by atoms with Crippen LogP contribution in [0.25, 0.3) is 0 Å². The lowest BCUT2D eigenvalue weighted by Crippen LogP contribution is -2.19. The lowest BCUT2D eigenvalue weighted by molar-refractivity contribution is 0.779. The number of rotatable bonds is 5. The molecule has 0 saturated heterocycles. The maximum atomic E-state index is 3.64. The van der Waals surface area contributed by atoms with E-state index < -0.39 is 0 Å². The molecule has 0 bridgehead atoms. The van der Waals surface area contributed by atoms with Gasteiger partial charge in [0, 0.05) is 23.6 Å². The molecule has 11 heavy (non-hydrogen) atoms. The van der Waals surface area contributed by atoms with Crippen LogP contribution in [0.3, 0.4) is 0 Å². The van der Waals surface area contributed by atoms with Crippen LogP contribution in [0.1, 0.15) is 20.8 Å². The van der Waals surface area contributed by atoms with Gasteiger partial charge in [0.2, 0.25) is 0 Å². The van der Waals surface area contributed by atoms with Crippen molar-refractivity contribution in [1.29, 1.82) is 0 Å². The van der Waals surface area contributed by atoms with Gasteiger partial charge < -0.3 is 5.32 Å². The van der Waals surface area contributed by atoms with Crippen molar-refractivity contribution in [3.05, 3.63) is 12.7 Å². The fourth-order valence-corrected chi connectivity index (χ4v) is 1.49. The summed E-state index contributed by atoms with van der Waals surface area (Å²) >= 11 is 1.99. The van der Waals surface area contributed by atoms with Crippen LogP contribution in [0, 0.1) is 0 Å². The summed E-state index contributed by atoms with van der Waals surface area (Å²) in [5, 5.41) is 3.27. The number of hydrogen-bond acceptors (Lipinski definition) is 2. The summed E-state index contributed by atoms with van der Waals surface area (Å²) in [4.78, 5) is 0. The predicted octanol–water partition coefficient (Wildman–Crippen LogP) is 2.29. The molecule has 2 heteroatoms. The van der Waals surface area contributed by atoms with Crippen molar-refractivity contribution in [2.45, 2.75) is 25.5 Å². The maximum Gasteiger partial charge on any atom is 0.0132 e. The zero-order chi connectivity index (χ0) is 8.74. The van der Waals surface area contributed by atoms with E-state index in [1.54, 1.807) is 0 Å². The van der Waals surface area contributed by atoms with Gasteiger partial charge in [-0.2, -0.15) is 11.8 Å². The van der Waals surface area contributed by atoms with Crippen LogP contribution in [0.2, 0.25) is 0 Å². The second kappa shape index (κ2) is 5.67. The molecule has 0 spiro atoms. The summed E-state index contributed by atoms with van der Waals surface area (Å²) in [5.74, 6) is 1.18. The lowest BCUT2D eigenvalue weighted by atomic mass is 10.3. The molecule has 66 valence electrons. The van der Waals surface area contributed by atoms with Gasteiger partial charge in [-0.1, -0.05) is 26.8 Å². The van der Waals surface area contributed by atoms with E-state index in [1.165, 1.54) is 5.75 Å². The molecule has 0 aliphatic carbocycles. The summed E-state index contributed by atoms with van der Waals surface area (Å²) in [6.45, 7) is 12.4. The molecule has 1 nitrogen and oxygen atoms in total. The molecule has 0 heterocycles. The Hall–Kier alpha value is 0.0500. The molecular weight excluding hydrogens is 154 g/mol. The SMILES string of the molecule is C=CCNCCSC(C)(C)C. The molecule has 0 radical (unpaired) electrons. The lowest BCUT2D eigenvalue weighted by Gasteiger charge is -2.17. The van der Waals surface area contributed by atoms with Gasteiger partial charge in [0.25, 0.3) is 0 Å². The zero-order valence-electron chi connectivity index (χ0n) is 7.81. The summed E-state index contributed by atoms with van der Waals surface area (Å²) in [5.41, 5.74) is 0. The van der Waals surface area contributed by atoms with Gasteiger partial charge in [0.1, 0.15) is 0 Å². The van der Waals surface area contributed by atoms with Crippen LogP contribution in [-0.2, 0) is 0 Å². The Morgan fingerprint density at radius 1 is 1.45 bits per heavy atom. The van der Waals surface area contributed by atoms with E-state index in [0.29, 0.717) is 4.75 Å². The Balaban J connectivity index is 3.08. The number of nitrogens with one attached hydrogen (secondary N) is 1. The fourth-order valence-electron chi connectivity index (χ4n) is 0.634. The second-order valence-corrected chi connectivity index (χ2v) is 5.38. The van der Waals surface area contributed by atoms with E-state index in [0.717, 1.165) is 13.1 Å². The highest BCUT2D eigenvalue weighted by Gasteiger charge is 2.08. The Labute approximate surface area is 74.6 Å². The number of thioether (sulfide) groups is 1. The Morgan fingerprint density at radius 2 is 2.09 bits per heavy atom. The summed E-state index contributed by atoms with van der Waals surface area (Å²) < 4.78 is 0.399. The molecule has 0 fully saturated rings. The topological polar surface area (TPSA) is 12.0 Å². The van der Waals surface area contributed by atoms with Gasteiger partial charge in [-0.05, 0) is 0 Å². The molecule has 0 aliphatic rings. The van der Waals surface area contributed by atoms with E-state index in [1.807, 2.05) is 17.8 Å². The van der Waals surface area contributed by atoms with Crippen LogP contribution >= 0.6 is 11.8 Å². The first-order valence-electron chi connectivity index (χ1n) is 4.02. The minimum atomic E-state index is 0.399. The third-order valence-electron chi connectivity index (χ3n) is 1.10. The average molecular weight is 173 g/mol. The fraction of sp³-hybridized carbons (Fsp3) is 0.778. The highest BCUT2D eigenvalue weighted by atomic mass is 32.2. The van der Waals surface area contributed by atoms with Crippen molar-refractivity contribution in [3.63, 3.8) is 0 Å². The van der Waals surface area contributed by atoms with Crippen LogP contribution in [0.15, 0.2) is 12.7 Å². The van der Waals surface area contributed by atoms with Crippen LogP contribution in [0.5, 0.6) is 0 Å². The van der Waals surface area contributed by atoms with E-state index in [4.69, 9.17) is 0 Å². The van der Waals surface area contributed by atoms with Gasteiger partial charge in [-0.25, -0.2) is 0 Å². The first kappa shape index (κ1) is 11.1. The van der Waals surface area contributed by atoms with E-state index in [2.05, 4.69) is 32.7 Å². The molecule has 0 amide bonds. The van der Waals surface area contributed by atoms with E-state index >= 15 is 0 Å². The Kier molecular flexibility index (Phi) is 5.69. The Morgan fingerprint density at radius 3 is 2.55 bits per heavy atom. The summed E-state index contributed by atoms with van der Waals surface area (Å²) in [6.07, 6.45) is 1.89. The van der Waals surface area contributed by atoms with Gasteiger partial charge in [-0.15, -0.1) is 6.58 Å². The van der Waals surface area contributed by atoms with Gasteiger partial charge in [-0.3, -0.25) is 0 Å². The molecule has 0 saturated carbocycles. The monoisotopic (exact) mass is 173 g/mol. The molecule has 1 N–H and O–H groups in total. The highest BCUT2D eigenvalue weighted by Crippen LogP contribution is 2.21. The average Bonchev–Trinajstić information content (AvgIpc) is 1.85. The third-order valence-corrected chi connectivity index (χ3v) is 2.38. The molecule has 0 aromatic carbocycles. The minimum absolute atomic E-state index is 0.399. The zero-order valence-corrected chi connectivity index (χ0v) is 8.63. The van der Waals surface area contributed by atoms with Crippen molar-refractivity contribution < 1.29 is 0 Å². The molecular formula is C9H19NS. The van der Waals surface area contributed by atoms with Crippen molar-refractivity contribution in [1.82, 2.24) is 5.32 Å². The predicted molar refractivity (Wildman–Crippen MR) is 55.3 cm³/mol. The van der Waals surface area contributed by atoms with Crippen LogP contribution in [0.4, 0.5) is 0 Å². The molecule has 0 rings (SSSR count). The highest BCUT2D eigenvalue weighted by molar-refractivity contribution is 8.00. The molecule has 0 aromatic rings. The summed E-state index contributed by atoms with van der Waals surface area (Å²) in [7, 11) is 0. The third kappa shape index (κ3) is 10.1. The molecule has 0 unspecified atom stereocenters. The minimum Gasteiger partial charge on any atom is -0.312 e. The summed E-state index contributed by atoms with van der Waals surface area (Å²) in [6, 6.07) is 0.